The summed E-state index contributed by atoms with van der Waals surface area (Å²) in [7, 11) is 0. The minimum absolute atomic E-state index is 0.0110. The molecule has 0 radical (unpaired) electrons. The maximum atomic E-state index is 13.3. The van der Waals surface area contributed by atoms with Gasteiger partial charge >= 0.3 is 6.36 Å². The highest BCUT2D eigenvalue weighted by Crippen LogP contribution is 2.43. The van der Waals surface area contributed by atoms with E-state index in [0.29, 0.717) is 23.8 Å². The van der Waals surface area contributed by atoms with Crippen LogP contribution in [0.15, 0.2) is 78.4 Å². The van der Waals surface area contributed by atoms with Gasteiger partial charge in [-0.15, -0.1) is 13.2 Å². The first-order valence-electron chi connectivity index (χ1n) is 11.9. The van der Waals surface area contributed by atoms with E-state index in [1.165, 1.54) is 12.1 Å². The molecule has 3 aromatic rings. The van der Waals surface area contributed by atoms with Crippen molar-refractivity contribution in [1.82, 2.24) is 0 Å². The number of carbonyl (C=O) groups excluding carboxylic acids is 2. The fourth-order valence-corrected chi connectivity index (χ4v) is 4.21. The molecular weight excluding hydrogens is 499 g/mol. The maximum Gasteiger partial charge on any atom is 0.573 e. The third-order valence-electron chi connectivity index (χ3n) is 5.84. The van der Waals surface area contributed by atoms with E-state index in [0.717, 1.165) is 22.6 Å². The third kappa shape index (κ3) is 5.82. The first-order valence-corrected chi connectivity index (χ1v) is 11.9. The average Bonchev–Trinajstić information content (AvgIpc) is 3.12. The minimum atomic E-state index is -4.94. The van der Waals surface area contributed by atoms with Gasteiger partial charge in [0, 0.05) is 17.3 Å². The standard InChI is InChI=1S/C29H26F3NO5/c1-17(2)16-37-22-12-10-19(11-13-22)26(34)24-25(20-7-4-6-18(3)14-20)33(28(36)27(24)35)21-8-5-9-23(15-21)38-29(30,31)32/h4-15,17,25,34H,16H2,1-3H3/b26-24+. The molecule has 9 heteroatoms. The van der Waals surface area contributed by atoms with E-state index in [2.05, 4.69) is 4.74 Å². The lowest BCUT2D eigenvalue weighted by Gasteiger charge is -2.26. The Morgan fingerprint density at radius 2 is 1.66 bits per heavy atom. The van der Waals surface area contributed by atoms with Crippen molar-refractivity contribution in [2.75, 3.05) is 11.5 Å². The monoisotopic (exact) mass is 525 g/mol. The van der Waals surface area contributed by atoms with Crippen LogP contribution >= 0.6 is 0 Å². The molecule has 1 heterocycles. The molecular formula is C29H26F3NO5. The highest BCUT2D eigenvalue weighted by Gasteiger charge is 2.47. The molecule has 0 bridgehead atoms. The summed E-state index contributed by atoms with van der Waals surface area (Å²) in [5.41, 5.74) is 1.45. The molecule has 0 spiro atoms. The zero-order valence-electron chi connectivity index (χ0n) is 21.0. The van der Waals surface area contributed by atoms with Crippen LogP contribution in [-0.4, -0.2) is 29.8 Å². The summed E-state index contributed by atoms with van der Waals surface area (Å²) < 4.78 is 48.2. The number of rotatable bonds is 7. The number of amides is 1. The van der Waals surface area contributed by atoms with Gasteiger partial charge in [0.2, 0.25) is 0 Å². The van der Waals surface area contributed by atoms with Crippen LogP contribution < -0.4 is 14.4 Å². The summed E-state index contributed by atoms with van der Waals surface area (Å²) in [5, 5.41) is 11.3. The van der Waals surface area contributed by atoms with E-state index in [4.69, 9.17) is 4.74 Å². The van der Waals surface area contributed by atoms with E-state index < -0.39 is 35.6 Å². The lowest BCUT2D eigenvalue weighted by molar-refractivity contribution is -0.274. The summed E-state index contributed by atoms with van der Waals surface area (Å²) in [6.07, 6.45) is -4.94. The number of aryl methyl sites for hydroxylation is 1. The number of nitrogens with zero attached hydrogens (tertiary/aromatic N) is 1. The molecule has 3 aromatic carbocycles. The van der Waals surface area contributed by atoms with E-state index in [-0.39, 0.29) is 16.8 Å². The van der Waals surface area contributed by atoms with Crippen LogP contribution in [0.25, 0.3) is 5.76 Å². The summed E-state index contributed by atoms with van der Waals surface area (Å²) in [4.78, 5) is 27.6. The molecule has 1 amide bonds. The minimum Gasteiger partial charge on any atom is -0.507 e. The fraction of sp³-hybridized carbons (Fsp3) is 0.241. The number of anilines is 1. The normalized spacial score (nSPS) is 17.2. The van der Waals surface area contributed by atoms with E-state index >= 15 is 0 Å². The Labute approximate surface area is 217 Å². The molecule has 1 aliphatic heterocycles. The van der Waals surface area contributed by atoms with Crippen molar-refractivity contribution in [1.29, 1.82) is 0 Å². The van der Waals surface area contributed by atoms with Gasteiger partial charge in [-0.3, -0.25) is 14.5 Å². The molecule has 1 fully saturated rings. The molecule has 1 unspecified atom stereocenters. The molecule has 0 saturated carbocycles. The van der Waals surface area contributed by atoms with Gasteiger partial charge in [0.25, 0.3) is 11.7 Å². The van der Waals surface area contributed by atoms with Crippen LogP contribution in [-0.2, 0) is 9.59 Å². The number of hydrogen-bond donors (Lipinski definition) is 1. The van der Waals surface area contributed by atoms with Crippen molar-refractivity contribution in [3.05, 3.63) is 95.1 Å². The maximum absolute atomic E-state index is 13.3. The molecule has 0 aliphatic carbocycles. The van der Waals surface area contributed by atoms with Gasteiger partial charge in [0.15, 0.2) is 0 Å². The molecule has 1 saturated heterocycles. The largest absolute Gasteiger partial charge is 0.573 e. The van der Waals surface area contributed by atoms with Gasteiger partial charge in [0.1, 0.15) is 17.3 Å². The lowest BCUT2D eigenvalue weighted by Crippen LogP contribution is -2.29. The second-order valence-corrected chi connectivity index (χ2v) is 9.36. The third-order valence-corrected chi connectivity index (χ3v) is 5.84. The Morgan fingerprint density at radius 1 is 0.974 bits per heavy atom. The second kappa shape index (κ2) is 10.6. The van der Waals surface area contributed by atoms with Gasteiger partial charge in [-0.05, 0) is 54.8 Å². The van der Waals surface area contributed by atoms with Crippen LogP contribution in [0, 0.1) is 12.8 Å². The second-order valence-electron chi connectivity index (χ2n) is 9.36. The van der Waals surface area contributed by atoms with Crippen molar-refractivity contribution in [2.24, 2.45) is 5.92 Å². The van der Waals surface area contributed by atoms with Crippen molar-refractivity contribution in [3.63, 3.8) is 0 Å². The Morgan fingerprint density at radius 3 is 2.29 bits per heavy atom. The van der Waals surface area contributed by atoms with Gasteiger partial charge in [-0.1, -0.05) is 49.7 Å². The highest BCUT2D eigenvalue weighted by molar-refractivity contribution is 6.51. The zero-order chi connectivity index (χ0) is 27.6. The number of ketones is 1. The number of aliphatic hydroxyl groups is 1. The number of halogens is 3. The average molecular weight is 526 g/mol. The summed E-state index contributed by atoms with van der Waals surface area (Å²) >= 11 is 0. The predicted octanol–water partition coefficient (Wildman–Crippen LogP) is 6.55. The fourth-order valence-electron chi connectivity index (χ4n) is 4.21. The van der Waals surface area contributed by atoms with Crippen molar-refractivity contribution in [3.8, 4) is 11.5 Å². The van der Waals surface area contributed by atoms with Gasteiger partial charge in [-0.25, -0.2) is 0 Å². The molecule has 4 rings (SSSR count). The summed E-state index contributed by atoms with van der Waals surface area (Å²) in [5.74, 6) is -2.01. The molecule has 1 N–H and O–H groups in total. The quantitative estimate of drug-likeness (QED) is 0.215. The topological polar surface area (TPSA) is 76.1 Å². The summed E-state index contributed by atoms with van der Waals surface area (Å²) in [6, 6.07) is 17.1. The Kier molecular flexibility index (Phi) is 7.48. The number of carbonyl (C=O) groups is 2. The predicted molar refractivity (Wildman–Crippen MR) is 136 cm³/mol. The number of aliphatic hydroxyl groups excluding tert-OH is 1. The highest BCUT2D eigenvalue weighted by atomic mass is 19.4. The Bertz CT molecular complexity index is 1380. The van der Waals surface area contributed by atoms with E-state index in [1.54, 1.807) is 42.5 Å². The van der Waals surface area contributed by atoms with Crippen LogP contribution in [0.5, 0.6) is 11.5 Å². The van der Waals surface area contributed by atoms with E-state index in [1.807, 2.05) is 26.8 Å². The van der Waals surface area contributed by atoms with Crippen molar-refractivity contribution < 1.29 is 37.3 Å². The number of Topliss-reactive ketones (excluding diaryl/α,β-unsaturated/α-hetero) is 1. The van der Waals surface area contributed by atoms with Crippen LogP contribution in [0.3, 0.4) is 0 Å². The van der Waals surface area contributed by atoms with Gasteiger partial charge in [-0.2, -0.15) is 0 Å². The first kappa shape index (κ1) is 26.8. The molecule has 1 atom stereocenters. The SMILES string of the molecule is Cc1cccc(C2/C(=C(\O)c3ccc(OCC(C)C)cc3)C(=O)C(=O)N2c2cccc(OC(F)(F)F)c2)c1. The van der Waals surface area contributed by atoms with Crippen LogP contribution in [0.2, 0.25) is 0 Å². The Hall–Kier alpha value is -4.27. The summed E-state index contributed by atoms with van der Waals surface area (Å²) in [6.45, 7) is 6.34. The molecule has 0 aromatic heterocycles. The number of alkyl halides is 3. The van der Waals surface area contributed by atoms with Crippen molar-refractivity contribution in [2.45, 2.75) is 33.2 Å². The van der Waals surface area contributed by atoms with Crippen LogP contribution in [0.4, 0.5) is 18.9 Å². The smallest absolute Gasteiger partial charge is 0.507 e. The number of benzene rings is 3. The Balaban J connectivity index is 1.82. The number of hydrogen-bond acceptors (Lipinski definition) is 5. The molecule has 1 aliphatic rings. The first-order chi connectivity index (χ1) is 17.9. The molecule has 6 nitrogen and oxygen atoms in total. The van der Waals surface area contributed by atoms with E-state index in [9.17, 15) is 27.9 Å². The van der Waals surface area contributed by atoms with Crippen molar-refractivity contribution >= 4 is 23.1 Å². The lowest BCUT2D eigenvalue weighted by atomic mass is 9.94. The number of ether oxygens (including phenoxy) is 2. The van der Waals surface area contributed by atoms with Gasteiger partial charge < -0.3 is 14.6 Å². The molecule has 198 valence electrons. The van der Waals surface area contributed by atoms with Crippen LogP contribution in [0.1, 0.15) is 36.6 Å². The van der Waals surface area contributed by atoms with Gasteiger partial charge in [0.05, 0.1) is 18.2 Å². The zero-order valence-corrected chi connectivity index (χ0v) is 21.0. The molecule has 38 heavy (non-hydrogen) atoms.